The molecule has 0 saturated heterocycles. The smallest absolute Gasteiger partial charge is 0.258 e. The maximum atomic E-state index is 13.7. The van der Waals surface area contributed by atoms with Crippen LogP contribution in [-0.4, -0.2) is 24.5 Å². The second-order valence-electron chi connectivity index (χ2n) is 6.75. The van der Waals surface area contributed by atoms with Gasteiger partial charge in [0.15, 0.2) is 0 Å². The van der Waals surface area contributed by atoms with Crippen LogP contribution in [0.15, 0.2) is 42.5 Å². The molecule has 2 aromatic rings. The normalized spacial score (nSPS) is 18.4. The van der Waals surface area contributed by atoms with E-state index in [1.807, 2.05) is 0 Å². The summed E-state index contributed by atoms with van der Waals surface area (Å²) in [6.07, 6.45) is 2.64. The highest BCUT2D eigenvalue weighted by Gasteiger charge is 2.30. The Balaban J connectivity index is 1.47. The van der Waals surface area contributed by atoms with Gasteiger partial charge in [0.25, 0.3) is 5.91 Å². The van der Waals surface area contributed by atoms with E-state index < -0.39 is 11.7 Å². The predicted molar refractivity (Wildman–Crippen MR) is 94.6 cm³/mol. The average Bonchev–Trinajstić information content (AvgIpc) is 3.45. The Labute approximate surface area is 150 Å². The van der Waals surface area contributed by atoms with Gasteiger partial charge < -0.3 is 15.4 Å². The van der Waals surface area contributed by atoms with Crippen molar-refractivity contribution in [3.63, 3.8) is 0 Å². The topological polar surface area (TPSA) is 67.4 Å². The number of rotatable bonds is 4. The lowest BCUT2D eigenvalue weighted by Crippen LogP contribution is -2.38. The van der Waals surface area contributed by atoms with E-state index in [-0.39, 0.29) is 17.4 Å². The maximum Gasteiger partial charge on any atom is 0.258 e. The van der Waals surface area contributed by atoms with E-state index in [0.717, 1.165) is 18.4 Å². The monoisotopic (exact) mass is 354 g/mol. The van der Waals surface area contributed by atoms with Crippen LogP contribution in [0, 0.1) is 11.7 Å². The van der Waals surface area contributed by atoms with E-state index in [9.17, 15) is 14.0 Å². The Kier molecular flexibility index (Phi) is 4.32. The Morgan fingerprint density at radius 2 is 1.92 bits per heavy atom. The van der Waals surface area contributed by atoms with Gasteiger partial charge in [-0.1, -0.05) is 12.1 Å². The lowest BCUT2D eigenvalue weighted by molar-refractivity contribution is -0.126. The fourth-order valence-corrected chi connectivity index (χ4v) is 3.03. The number of halogens is 1. The SMILES string of the molecule is O=C(Nc1ccc2c(c1)C[C@H](C(=O)NC1CC1)CO2)c1ccccc1F. The zero-order valence-electron chi connectivity index (χ0n) is 14.1. The van der Waals surface area contributed by atoms with Crippen LogP contribution in [0.4, 0.5) is 10.1 Å². The lowest BCUT2D eigenvalue weighted by Gasteiger charge is -2.25. The second kappa shape index (κ2) is 6.78. The number of amides is 2. The highest BCUT2D eigenvalue weighted by atomic mass is 19.1. The molecule has 2 amide bonds. The highest BCUT2D eigenvalue weighted by molar-refractivity contribution is 6.04. The molecule has 26 heavy (non-hydrogen) atoms. The molecule has 6 heteroatoms. The van der Waals surface area contributed by atoms with E-state index >= 15 is 0 Å². The van der Waals surface area contributed by atoms with Gasteiger partial charge in [-0.25, -0.2) is 4.39 Å². The van der Waals surface area contributed by atoms with Gasteiger partial charge in [-0.2, -0.15) is 0 Å². The number of carbonyl (C=O) groups is 2. The number of anilines is 1. The van der Waals surface area contributed by atoms with Crippen LogP contribution in [-0.2, 0) is 11.2 Å². The molecule has 0 unspecified atom stereocenters. The zero-order valence-corrected chi connectivity index (χ0v) is 14.1. The van der Waals surface area contributed by atoms with Gasteiger partial charge in [-0.15, -0.1) is 0 Å². The molecule has 0 bridgehead atoms. The molecule has 0 radical (unpaired) electrons. The minimum atomic E-state index is -0.567. The standard InChI is InChI=1S/C20H19FN2O3/c21-17-4-2-1-3-16(17)20(25)23-15-7-8-18-12(10-15)9-13(11-26-18)19(24)22-14-5-6-14/h1-4,7-8,10,13-14H,5-6,9,11H2,(H,22,24)(H,23,25)/t13-/m0/s1. The lowest BCUT2D eigenvalue weighted by atomic mass is 9.95. The highest BCUT2D eigenvalue weighted by Crippen LogP contribution is 2.31. The van der Waals surface area contributed by atoms with E-state index in [2.05, 4.69) is 10.6 Å². The summed E-state index contributed by atoms with van der Waals surface area (Å²) >= 11 is 0. The average molecular weight is 354 g/mol. The molecule has 134 valence electrons. The molecule has 1 aliphatic heterocycles. The zero-order chi connectivity index (χ0) is 18.1. The van der Waals surface area contributed by atoms with Crippen LogP contribution in [0.25, 0.3) is 0 Å². The first-order chi connectivity index (χ1) is 12.6. The summed E-state index contributed by atoms with van der Waals surface area (Å²) in [6.45, 7) is 0.354. The van der Waals surface area contributed by atoms with Crippen molar-refractivity contribution < 1.29 is 18.7 Å². The van der Waals surface area contributed by atoms with Crippen molar-refractivity contribution in [2.45, 2.75) is 25.3 Å². The molecule has 2 aliphatic rings. The Bertz CT molecular complexity index is 864. The van der Waals surface area contributed by atoms with Crippen LogP contribution < -0.4 is 15.4 Å². The Morgan fingerprint density at radius 1 is 1.12 bits per heavy atom. The first-order valence-electron chi connectivity index (χ1n) is 8.72. The summed E-state index contributed by atoms with van der Waals surface area (Å²) in [5.74, 6) is -0.588. The molecule has 2 aromatic carbocycles. The number of ether oxygens (including phenoxy) is 1. The van der Waals surface area contributed by atoms with Crippen molar-refractivity contribution in [3.8, 4) is 5.75 Å². The fraction of sp³-hybridized carbons (Fsp3) is 0.300. The summed E-state index contributed by atoms with van der Waals surface area (Å²) in [5, 5.41) is 5.70. The summed E-state index contributed by atoms with van der Waals surface area (Å²) in [5.41, 5.74) is 1.39. The van der Waals surface area contributed by atoms with Crippen LogP contribution in [0.3, 0.4) is 0 Å². The third-order valence-electron chi connectivity index (χ3n) is 4.64. The number of carbonyl (C=O) groups excluding carboxylic acids is 2. The molecule has 0 aromatic heterocycles. The van der Waals surface area contributed by atoms with Gasteiger partial charge in [-0.05, 0) is 55.2 Å². The molecule has 4 rings (SSSR count). The number of hydrogen-bond donors (Lipinski definition) is 2. The van der Waals surface area contributed by atoms with Gasteiger partial charge >= 0.3 is 0 Å². The van der Waals surface area contributed by atoms with Crippen LogP contribution in [0.1, 0.15) is 28.8 Å². The van der Waals surface area contributed by atoms with E-state index in [4.69, 9.17) is 4.74 Å². The largest absolute Gasteiger partial charge is 0.492 e. The third-order valence-corrected chi connectivity index (χ3v) is 4.64. The van der Waals surface area contributed by atoms with Crippen molar-refractivity contribution in [2.75, 3.05) is 11.9 Å². The summed E-state index contributed by atoms with van der Waals surface area (Å²) in [6, 6.07) is 11.4. The van der Waals surface area contributed by atoms with Crippen molar-refractivity contribution in [1.82, 2.24) is 5.32 Å². The first-order valence-corrected chi connectivity index (χ1v) is 8.72. The van der Waals surface area contributed by atoms with E-state index in [1.165, 1.54) is 18.2 Å². The molecule has 1 aliphatic carbocycles. The summed E-state index contributed by atoms with van der Waals surface area (Å²) < 4.78 is 19.4. The number of benzene rings is 2. The molecular formula is C20H19FN2O3. The Hall–Kier alpha value is -2.89. The maximum absolute atomic E-state index is 13.7. The molecule has 1 atom stereocenters. The number of hydrogen-bond acceptors (Lipinski definition) is 3. The Morgan fingerprint density at radius 3 is 2.69 bits per heavy atom. The van der Waals surface area contributed by atoms with Gasteiger partial charge in [0.2, 0.25) is 5.91 Å². The van der Waals surface area contributed by atoms with Gasteiger partial charge in [0.05, 0.1) is 11.5 Å². The molecule has 2 N–H and O–H groups in total. The quantitative estimate of drug-likeness (QED) is 0.887. The minimum absolute atomic E-state index is 0.0110. The van der Waals surface area contributed by atoms with Gasteiger partial charge in [0, 0.05) is 11.7 Å². The van der Waals surface area contributed by atoms with E-state index in [1.54, 1.807) is 24.3 Å². The molecule has 1 fully saturated rings. The van der Waals surface area contributed by atoms with Crippen molar-refractivity contribution in [3.05, 3.63) is 59.4 Å². The van der Waals surface area contributed by atoms with E-state index in [0.29, 0.717) is 30.5 Å². The molecule has 1 heterocycles. The van der Waals surface area contributed by atoms with Crippen molar-refractivity contribution >= 4 is 17.5 Å². The second-order valence-corrected chi connectivity index (χ2v) is 6.75. The molecular weight excluding hydrogens is 335 g/mol. The van der Waals surface area contributed by atoms with Crippen LogP contribution >= 0.6 is 0 Å². The van der Waals surface area contributed by atoms with Gasteiger partial charge in [-0.3, -0.25) is 9.59 Å². The minimum Gasteiger partial charge on any atom is -0.492 e. The number of fused-ring (bicyclic) bond motifs is 1. The fourth-order valence-electron chi connectivity index (χ4n) is 3.03. The van der Waals surface area contributed by atoms with Gasteiger partial charge in [0.1, 0.15) is 18.2 Å². The molecule has 1 saturated carbocycles. The van der Waals surface area contributed by atoms with Crippen molar-refractivity contribution in [1.29, 1.82) is 0 Å². The van der Waals surface area contributed by atoms with Crippen LogP contribution in [0.5, 0.6) is 5.75 Å². The first kappa shape index (κ1) is 16.6. The molecule has 0 spiro atoms. The molecule has 5 nitrogen and oxygen atoms in total. The summed E-state index contributed by atoms with van der Waals surface area (Å²) in [7, 11) is 0. The predicted octanol–water partition coefficient (Wildman–Crippen LogP) is 2.91. The third kappa shape index (κ3) is 3.54. The van der Waals surface area contributed by atoms with Crippen LogP contribution in [0.2, 0.25) is 0 Å². The number of nitrogens with one attached hydrogen (secondary N) is 2. The summed E-state index contributed by atoms with van der Waals surface area (Å²) in [4.78, 5) is 24.5. The van der Waals surface area contributed by atoms with Crippen molar-refractivity contribution in [2.24, 2.45) is 5.92 Å².